The van der Waals surface area contributed by atoms with Crippen LogP contribution in [0.3, 0.4) is 0 Å². The summed E-state index contributed by atoms with van der Waals surface area (Å²) in [6, 6.07) is 6.61. The maximum atomic E-state index is 13.6. The van der Waals surface area contributed by atoms with Gasteiger partial charge < -0.3 is 15.8 Å². The number of methoxy groups -OCH3 is 1. The number of carbonyl (C=O) groups excluding carboxylic acids is 1. The van der Waals surface area contributed by atoms with E-state index in [-0.39, 0.29) is 43.2 Å². The third kappa shape index (κ3) is 5.87. The molecule has 0 aliphatic carbocycles. The Balaban J connectivity index is 0.00000264. The number of hydrogen-bond acceptors (Lipinski definition) is 5. The lowest BCUT2D eigenvalue weighted by Crippen LogP contribution is -2.28. The standard InChI is InChI=1S/C15H18FN3O2S.ClH/c1-21-11(8-17)7-14(20)19-15-18-9-12(22-15)6-10-4-2-3-5-13(10)16;/h2-5,9,11H,6-8,17H2,1H3,(H,18,19,20);1H. The summed E-state index contributed by atoms with van der Waals surface area (Å²) in [6.45, 7) is 0.278. The Morgan fingerprint density at radius 1 is 1.48 bits per heavy atom. The Hall–Kier alpha value is -1.54. The second-order valence-corrected chi connectivity index (χ2v) is 5.86. The van der Waals surface area contributed by atoms with E-state index in [1.165, 1.54) is 24.5 Å². The molecule has 2 aromatic rings. The van der Waals surface area contributed by atoms with Crippen LogP contribution < -0.4 is 11.1 Å². The minimum Gasteiger partial charge on any atom is -0.380 e. The first-order chi connectivity index (χ1) is 10.6. The second kappa shape index (κ2) is 9.57. The van der Waals surface area contributed by atoms with E-state index in [0.717, 1.165) is 4.88 Å². The van der Waals surface area contributed by atoms with Crippen molar-refractivity contribution >= 4 is 34.8 Å². The molecule has 1 unspecified atom stereocenters. The number of ether oxygens (including phenoxy) is 1. The predicted octanol–water partition coefficient (Wildman–Crippen LogP) is 2.60. The molecule has 0 aliphatic heterocycles. The number of nitrogens with one attached hydrogen (secondary N) is 1. The fourth-order valence-corrected chi connectivity index (χ4v) is 2.77. The summed E-state index contributed by atoms with van der Waals surface area (Å²) >= 11 is 1.33. The van der Waals surface area contributed by atoms with Crippen LogP contribution in [0.2, 0.25) is 0 Å². The number of halogens is 2. The molecular formula is C15H19ClFN3O2S. The zero-order chi connectivity index (χ0) is 15.9. The molecule has 1 heterocycles. The van der Waals surface area contributed by atoms with Crippen LogP contribution in [-0.4, -0.2) is 30.6 Å². The molecule has 2 rings (SSSR count). The van der Waals surface area contributed by atoms with E-state index in [1.54, 1.807) is 24.4 Å². The number of amides is 1. The lowest BCUT2D eigenvalue weighted by molar-refractivity contribution is -0.118. The summed E-state index contributed by atoms with van der Waals surface area (Å²) in [5, 5.41) is 3.19. The van der Waals surface area contributed by atoms with Gasteiger partial charge in [0.2, 0.25) is 5.91 Å². The van der Waals surface area contributed by atoms with Crippen LogP contribution in [0.5, 0.6) is 0 Å². The summed E-state index contributed by atoms with van der Waals surface area (Å²) in [4.78, 5) is 16.8. The molecule has 0 fully saturated rings. The Morgan fingerprint density at radius 2 is 2.22 bits per heavy atom. The van der Waals surface area contributed by atoms with Gasteiger partial charge in [-0.15, -0.1) is 23.7 Å². The van der Waals surface area contributed by atoms with Gasteiger partial charge in [-0.1, -0.05) is 18.2 Å². The first-order valence-electron chi connectivity index (χ1n) is 6.83. The van der Waals surface area contributed by atoms with Gasteiger partial charge in [0.15, 0.2) is 5.13 Å². The first-order valence-corrected chi connectivity index (χ1v) is 7.65. The van der Waals surface area contributed by atoms with E-state index in [1.807, 2.05) is 0 Å². The van der Waals surface area contributed by atoms with E-state index in [9.17, 15) is 9.18 Å². The molecule has 126 valence electrons. The molecule has 1 amide bonds. The monoisotopic (exact) mass is 359 g/mol. The molecule has 8 heteroatoms. The van der Waals surface area contributed by atoms with Crippen molar-refractivity contribution in [1.29, 1.82) is 0 Å². The molecular weight excluding hydrogens is 341 g/mol. The van der Waals surface area contributed by atoms with Crippen molar-refractivity contribution in [3.8, 4) is 0 Å². The molecule has 0 radical (unpaired) electrons. The van der Waals surface area contributed by atoms with Gasteiger partial charge in [0, 0.05) is 31.1 Å². The van der Waals surface area contributed by atoms with E-state index in [4.69, 9.17) is 10.5 Å². The summed E-state index contributed by atoms with van der Waals surface area (Å²) in [5.41, 5.74) is 6.08. The zero-order valence-corrected chi connectivity index (χ0v) is 14.3. The highest BCUT2D eigenvalue weighted by molar-refractivity contribution is 7.15. The van der Waals surface area contributed by atoms with Gasteiger partial charge in [0.1, 0.15) is 5.82 Å². The van der Waals surface area contributed by atoms with Crippen LogP contribution in [-0.2, 0) is 16.0 Å². The van der Waals surface area contributed by atoms with Gasteiger partial charge in [0.05, 0.1) is 12.5 Å². The van der Waals surface area contributed by atoms with Crippen LogP contribution >= 0.6 is 23.7 Å². The second-order valence-electron chi connectivity index (χ2n) is 4.75. The minimum absolute atomic E-state index is 0. The largest absolute Gasteiger partial charge is 0.380 e. The average molecular weight is 360 g/mol. The van der Waals surface area contributed by atoms with Gasteiger partial charge in [-0.3, -0.25) is 4.79 Å². The molecule has 1 aromatic carbocycles. The van der Waals surface area contributed by atoms with E-state index >= 15 is 0 Å². The predicted molar refractivity (Wildman–Crippen MR) is 91.7 cm³/mol. The number of benzene rings is 1. The lowest BCUT2D eigenvalue weighted by atomic mass is 10.1. The Bertz CT molecular complexity index is 635. The number of nitrogens with two attached hydrogens (primary N) is 1. The lowest BCUT2D eigenvalue weighted by Gasteiger charge is -2.11. The average Bonchev–Trinajstić information content (AvgIpc) is 2.94. The zero-order valence-electron chi connectivity index (χ0n) is 12.6. The van der Waals surface area contributed by atoms with Gasteiger partial charge >= 0.3 is 0 Å². The van der Waals surface area contributed by atoms with Crippen LogP contribution in [0, 0.1) is 5.82 Å². The van der Waals surface area contributed by atoms with Crippen molar-refractivity contribution in [3.63, 3.8) is 0 Å². The van der Waals surface area contributed by atoms with Crippen molar-refractivity contribution < 1.29 is 13.9 Å². The third-order valence-electron chi connectivity index (χ3n) is 3.13. The molecule has 1 atom stereocenters. The highest BCUT2D eigenvalue weighted by atomic mass is 35.5. The molecule has 23 heavy (non-hydrogen) atoms. The maximum absolute atomic E-state index is 13.6. The molecule has 5 nitrogen and oxygen atoms in total. The van der Waals surface area contributed by atoms with E-state index in [0.29, 0.717) is 17.1 Å². The van der Waals surface area contributed by atoms with Crippen molar-refractivity contribution in [2.45, 2.75) is 18.9 Å². The number of rotatable bonds is 7. The van der Waals surface area contributed by atoms with E-state index in [2.05, 4.69) is 10.3 Å². The van der Waals surface area contributed by atoms with Crippen LogP contribution in [0.25, 0.3) is 0 Å². The number of hydrogen-bond donors (Lipinski definition) is 2. The van der Waals surface area contributed by atoms with Crippen molar-refractivity contribution in [3.05, 3.63) is 46.7 Å². The van der Waals surface area contributed by atoms with Gasteiger partial charge in [-0.05, 0) is 11.6 Å². The number of thiazole rings is 1. The minimum atomic E-state index is -0.308. The molecule has 0 aliphatic rings. The molecule has 0 saturated carbocycles. The van der Waals surface area contributed by atoms with E-state index < -0.39 is 0 Å². The fraction of sp³-hybridized carbons (Fsp3) is 0.333. The Morgan fingerprint density at radius 3 is 2.87 bits per heavy atom. The number of anilines is 1. The molecule has 3 N–H and O–H groups in total. The quantitative estimate of drug-likeness (QED) is 0.796. The third-order valence-corrected chi connectivity index (χ3v) is 4.04. The topological polar surface area (TPSA) is 77.2 Å². The highest BCUT2D eigenvalue weighted by Crippen LogP contribution is 2.22. The van der Waals surface area contributed by atoms with Gasteiger partial charge in [-0.25, -0.2) is 9.37 Å². The Kier molecular flexibility index (Phi) is 8.11. The molecule has 0 saturated heterocycles. The van der Waals surface area contributed by atoms with Crippen molar-refractivity contribution in [1.82, 2.24) is 4.98 Å². The number of carbonyl (C=O) groups is 1. The first kappa shape index (κ1) is 19.5. The van der Waals surface area contributed by atoms with Crippen LogP contribution in [0.1, 0.15) is 16.9 Å². The number of aromatic nitrogens is 1. The molecule has 0 bridgehead atoms. The fourth-order valence-electron chi connectivity index (χ4n) is 1.92. The normalized spacial score (nSPS) is 11.6. The molecule has 0 spiro atoms. The Labute approximate surface area is 144 Å². The summed E-state index contributed by atoms with van der Waals surface area (Å²) < 4.78 is 18.7. The van der Waals surface area contributed by atoms with Gasteiger partial charge in [-0.2, -0.15) is 0 Å². The smallest absolute Gasteiger partial charge is 0.228 e. The van der Waals surface area contributed by atoms with Crippen molar-refractivity contribution in [2.24, 2.45) is 5.73 Å². The summed E-state index contributed by atoms with van der Waals surface area (Å²) in [6.07, 6.45) is 1.96. The summed E-state index contributed by atoms with van der Waals surface area (Å²) in [7, 11) is 1.51. The van der Waals surface area contributed by atoms with Crippen LogP contribution in [0.15, 0.2) is 30.5 Å². The van der Waals surface area contributed by atoms with Crippen molar-refractivity contribution in [2.75, 3.05) is 19.0 Å². The number of nitrogens with zero attached hydrogens (tertiary/aromatic N) is 1. The SMILES string of the molecule is COC(CN)CC(=O)Nc1ncc(Cc2ccccc2F)s1.Cl. The maximum Gasteiger partial charge on any atom is 0.228 e. The highest BCUT2D eigenvalue weighted by Gasteiger charge is 2.13. The van der Waals surface area contributed by atoms with Crippen LogP contribution in [0.4, 0.5) is 9.52 Å². The summed E-state index contributed by atoms with van der Waals surface area (Å²) in [5.74, 6) is -0.448. The molecule has 1 aromatic heterocycles. The van der Waals surface area contributed by atoms with Gasteiger partial charge in [0.25, 0.3) is 0 Å².